The van der Waals surface area contributed by atoms with Gasteiger partial charge in [0, 0.05) is 11.4 Å². The molecule has 2 aromatic carbocycles. The normalized spacial score (nSPS) is 14.7. The molecule has 3 rings (SSSR count). The van der Waals surface area contributed by atoms with E-state index in [1.165, 1.54) is 16.7 Å². The lowest BCUT2D eigenvalue weighted by Gasteiger charge is -2.20. The molecule has 0 radical (unpaired) electrons. The average molecular weight is 288 g/mol. The minimum Gasteiger partial charge on any atom is -0.493 e. The summed E-state index contributed by atoms with van der Waals surface area (Å²) in [5, 5.41) is 4.31. The summed E-state index contributed by atoms with van der Waals surface area (Å²) in [5.41, 5.74) is 3.75. The van der Waals surface area contributed by atoms with Crippen LogP contribution in [0.25, 0.3) is 0 Å². The molecule has 2 nitrogen and oxygen atoms in total. The lowest BCUT2D eigenvalue weighted by Crippen LogP contribution is -2.22. The molecule has 1 atom stereocenters. The third-order valence-electron chi connectivity index (χ3n) is 3.64. The molecule has 3 heteroatoms. The second kappa shape index (κ2) is 5.86. The topological polar surface area (TPSA) is 21.3 Å². The Hall–Kier alpha value is -1.51. The van der Waals surface area contributed by atoms with Crippen molar-refractivity contribution < 1.29 is 4.74 Å². The Balaban J connectivity index is 1.98. The Morgan fingerprint density at radius 2 is 2.05 bits per heavy atom. The van der Waals surface area contributed by atoms with Crippen molar-refractivity contribution >= 4 is 11.6 Å². The molecule has 1 unspecified atom stereocenters. The van der Waals surface area contributed by atoms with Crippen LogP contribution in [0.5, 0.6) is 5.75 Å². The van der Waals surface area contributed by atoms with Crippen molar-refractivity contribution in [3.05, 3.63) is 64.2 Å². The molecule has 0 spiro atoms. The highest BCUT2D eigenvalue weighted by Gasteiger charge is 2.18. The van der Waals surface area contributed by atoms with Gasteiger partial charge in [0.1, 0.15) is 5.75 Å². The Morgan fingerprint density at radius 3 is 2.85 bits per heavy atom. The average Bonchev–Trinajstić information content (AvgIpc) is 2.92. The number of rotatable bonds is 4. The minimum absolute atomic E-state index is 0.171. The van der Waals surface area contributed by atoms with Crippen LogP contribution in [0, 0.1) is 0 Å². The van der Waals surface area contributed by atoms with Crippen molar-refractivity contribution in [2.24, 2.45) is 0 Å². The van der Waals surface area contributed by atoms with Gasteiger partial charge in [0.05, 0.1) is 12.6 Å². The second-order valence-corrected chi connectivity index (χ2v) is 5.45. The molecule has 0 amide bonds. The summed E-state index contributed by atoms with van der Waals surface area (Å²) in [7, 11) is 0. The maximum Gasteiger partial charge on any atom is 0.122 e. The number of hydrogen-bond donors (Lipinski definition) is 1. The zero-order valence-electron chi connectivity index (χ0n) is 11.5. The van der Waals surface area contributed by atoms with Crippen LogP contribution in [0.1, 0.15) is 29.7 Å². The number of halogens is 1. The van der Waals surface area contributed by atoms with Crippen molar-refractivity contribution in [1.82, 2.24) is 5.32 Å². The Morgan fingerprint density at radius 1 is 1.20 bits per heavy atom. The van der Waals surface area contributed by atoms with Crippen molar-refractivity contribution in [3.63, 3.8) is 0 Å². The third-order valence-corrected chi connectivity index (χ3v) is 3.87. The summed E-state index contributed by atoms with van der Waals surface area (Å²) >= 11 is 6.12. The van der Waals surface area contributed by atoms with Gasteiger partial charge in [0.2, 0.25) is 0 Å². The molecule has 0 aliphatic carbocycles. The number of benzene rings is 2. The fraction of sp³-hybridized carbons (Fsp3) is 0.294. The molecule has 1 N–H and O–H groups in total. The van der Waals surface area contributed by atoms with E-state index in [1.807, 2.05) is 18.2 Å². The Labute approximate surface area is 124 Å². The van der Waals surface area contributed by atoms with E-state index in [9.17, 15) is 0 Å². The lowest BCUT2D eigenvalue weighted by molar-refractivity contribution is 0.357. The predicted molar refractivity (Wildman–Crippen MR) is 82.6 cm³/mol. The van der Waals surface area contributed by atoms with Gasteiger partial charge in [-0.2, -0.15) is 0 Å². The monoisotopic (exact) mass is 287 g/mol. The molecule has 1 aliphatic rings. The molecule has 0 bridgehead atoms. The first kappa shape index (κ1) is 13.5. The smallest absolute Gasteiger partial charge is 0.122 e. The number of ether oxygens (including phenoxy) is 1. The minimum atomic E-state index is 0.171. The molecule has 1 heterocycles. The van der Waals surface area contributed by atoms with Crippen LogP contribution in [-0.2, 0) is 6.42 Å². The summed E-state index contributed by atoms with van der Waals surface area (Å²) in [6.07, 6.45) is 0.998. The molecule has 20 heavy (non-hydrogen) atoms. The predicted octanol–water partition coefficient (Wildman–Crippen LogP) is 3.97. The fourth-order valence-corrected chi connectivity index (χ4v) is 2.90. The quantitative estimate of drug-likeness (QED) is 0.918. The first-order valence-corrected chi connectivity index (χ1v) is 7.40. The lowest BCUT2D eigenvalue weighted by atomic mass is 9.96. The van der Waals surface area contributed by atoms with E-state index in [-0.39, 0.29) is 6.04 Å². The Kier molecular flexibility index (Phi) is 3.95. The zero-order chi connectivity index (χ0) is 13.9. The molecule has 0 saturated heterocycles. The van der Waals surface area contributed by atoms with E-state index in [0.717, 1.165) is 30.3 Å². The van der Waals surface area contributed by atoms with E-state index < -0.39 is 0 Å². The molecule has 0 fully saturated rings. The maximum atomic E-state index is 6.12. The van der Waals surface area contributed by atoms with Gasteiger partial charge in [-0.1, -0.05) is 42.8 Å². The van der Waals surface area contributed by atoms with Crippen LogP contribution < -0.4 is 10.1 Å². The number of nitrogens with one attached hydrogen (secondary N) is 1. The molecule has 2 aromatic rings. The van der Waals surface area contributed by atoms with E-state index in [2.05, 4.69) is 36.5 Å². The van der Waals surface area contributed by atoms with E-state index in [4.69, 9.17) is 16.3 Å². The highest BCUT2D eigenvalue weighted by molar-refractivity contribution is 6.30. The van der Waals surface area contributed by atoms with Gasteiger partial charge >= 0.3 is 0 Å². The van der Waals surface area contributed by atoms with Crippen molar-refractivity contribution in [2.75, 3.05) is 13.2 Å². The van der Waals surface area contributed by atoms with Crippen LogP contribution in [0.2, 0.25) is 5.02 Å². The highest BCUT2D eigenvalue weighted by atomic mass is 35.5. The van der Waals surface area contributed by atoms with E-state index >= 15 is 0 Å². The summed E-state index contributed by atoms with van der Waals surface area (Å²) in [5.74, 6) is 1.02. The SMILES string of the molecule is CCNC(c1cccc(Cl)c1)c1ccc2c(c1)CCO2. The van der Waals surface area contributed by atoms with E-state index in [1.54, 1.807) is 0 Å². The number of hydrogen-bond acceptors (Lipinski definition) is 2. The van der Waals surface area contributed by atoms with Crippen molar-refractivity contribution in [1.29, 1.82) is 0 Å². The van der Waals surface area contributed by atoms with Crippen LogP contribution in [0.3, 0.4) is 0 Å². The van der Waals surface area contributed by atoms with Gasteiger partial charge in [-0.25, -0.2) is 0 Å². The van der Waals surface area contributed by atoms with Crippen LogP contribution in [0.15, 0.2) is 42.5 Å². The van der Waals surface area contributed by atoms with Gasteiger partial charge in [-0.05, 0) is 41.4 Å². The number of fused-ring (bicyclic) bond motifs is 1. The van der Waals surface area contributed by atoms with Gasteiger partial charge in [-0.15, -0.1) is 0 Å². The van der Waals surface area contributed by atoms with Gasteiger partial charge in [-0.3, -0.25) is 0 Å². The first-order chi connectivity index (χ1) is 9.78. The summed E-state index contributed by atoms with van der Waals surface area (Å²) in [6, 6.07) is 14.7. The summed E-state index contributed by atoms with van der Waals surface area (Å²) in [6.45, 7) is 3.82. The van der Waals surface area contributed by atoms with E-state index in [0.29, 0.717) is 0 Å². The van der Waals surface area contributed by atoms with Gasteiger partial charge in [0.15, 0.2) is 0 Å². The largest absolute Gasteiger partial charge is 0.493 e. The molecule has 1 aliphatic heterocycles. The van der Waals surface area contributed by atoms with Gasteiger partial charge in [0.25, 0.3) is 0 Å². The van der Waals surface area contributed by atoms with Crippen molar-refractivity contribution in [2.45, 2.75) is 19.4 Å². The molecule has 0 saturated carbocycles. The highest BCUT2D eigenvalue weighted by Crippen LogP contribution is 2.31. The zero-order valence-corrected chi connectivity index (χ0v) is 12.3. The standard InChI is InChI=1S/C17H18ClNO/c1-2-19-17(13-4-3-5-15(18)11-13)14-6-7-16-12(10-14)8-9-20-16/h3-7,10-11,17,19H,2,8-9H2,1H3. The van der Waals surface area contributed by atoms with Crippen molar-refractivity contribution in [3.8, 4) is 5.75 Å². The van der Waals surface area contributed by atoms with Gasteiger partial charge < -0.3 is 10.1 Å². The molecule has 104 valence electrons. The van der Waals surface area contributed by atoms with Crippen LogP contribution >= 0.6 is 11.6 Å². The van der Waals surface area contributed by atoms with Crippen LogP contribution in [0.4, 0.5) is 0 Å². The maximum absolute atomic E-state index is 6.12. The Bertz CT molecular complexity index is 612. The van der Waals surface area contributed by atoms with Crippen LogP contribution in [-0.4, -0.2) is 13.2 Å². The molecule has 0 aromatic heterocycles. The first-order valence-electron chi connectivity index (χ1n) is 7.02. The third kappa shape index (κ3) is 2.67. The second-order valence-electron chi connectivity index (χ2n) is 5.01. The fourth-order valence-electron chi connectivity index (χ4n) is 2.70. The molecular formula is C17H18ClNO. The summed E-state index contributed by atoms with van der Waals surface area (Å²) < 4.78 is 5.58. The summed E-state index contributed by atoms with van der Waals surface area (Å²) in [4.78, 5) is 0. The molecular weight excluding hydrogens is 270 g/mol.